The average molecular weight is 347 g/mol. The lowest BCUT2D eigenvalue weighted by Crippen LogP contribution is -2.43. The van der Waals surface area contributed by atoms with Crippen LogP contribution in [0, 0.1) is 5.92 Å². The number of carbonyl (C=O) groups is 1. The lowest BCUT2D eigenvalue weighted by molar-refractivity contribution is -0.118. The molecule has 1 aliphatic heterocycles. The SMILES string of the molecule is CN(C)CC1Cc2ccccc2N(C(=O)Cc2c[nH]c3ccccc23)C1. The summed E-state index contributed by atoms with van der Waals surface area (Å²) in [7, 11) is 4.19. The Kier molecular flexibility index (Phi) is 4.51. The maximum Gasteiger partial charge on any atom is 0.231 e. The molecule has 1 amide bonds. The maximum absolute atomic E-state index is 13.2. The summed E-state index contributed by atoms with van der Waals surface area (Å²) in [4.78, 5) is 20.7. The minimum Gasteiger partial charge on any atom is -0.361 e. The lowest BCUT2D eigenvalue weighted by Gasteiger charge is -2.36. The molecule has 1 aliphatic rings. The van der Waals surface area contributed by atoms with Crippen LogP contribution in [0.5, 0.6) is 0 Å². The Morgan fingerprint density at radius 1 is 1.15 bits per heavy atom. The maximum atomic E-state index is 13.2. The second-order valence-corrected chi connectivity index (χ2v) is 7.50. The summed E-state index contributed by atoms with van der Waals surface area (Å²) >= 11 is 0. The van der Waals surface area contributed by atoms with Crippen LogP contribution in [-0.2, 0) is 17.6 Å². The predicted octanol–water partition coefficient (Wildman–Crippen LogP) is 3.48. The number of rotatable bonds is 4. The van der Waals surface area contributed by atoms with Gasteiger partial charge in [-0.15, -0.1) is 0 Å². The van der Waals surface area contributed by atoms with E-state index in [1.807, 2.05) is 35.4 Å². The molecule has 0 radical (unpaired) electrons. The standard InChI is InChI=1S/C22H25N3O/c1-24(2)14-16-11-17-7-3-6-10-21(17)25(15-16)22(26)12-18-13-23-20-9-5-4-8-19(18)20/h3-10,13,16,23H,11-12,14-15H2,1-2H3. The predicted molar refractivity (Wildman–Crippen MR) is 107 cm³/mol. The van der Waals surface area contributed by atoms with Gasteiger partial charge in [0.15, 0.2) is 0 Å². The van der Waals surface area contributed by atoms with Crippen molar-refractivity contribution in [3.8, 4) is 0 Å². The molecule has 0 aliphatic carbocycles. The summed E-state index contributed by atoms with van der Waals surface area (Å²) < 4.78 is 0. The first kappa shape index (κ1) is 16.9. The highest BCUT2D eigenvalue weighted by Gasteiger charge is 2.28. The van der Waals surface area contributed by atoms with Gasteiger partial charge in [-0.25, -0.2) is 0 Å². The molecule has 2 heterocycles. The number of hydrogen-bond donors (Lipinski definition) is 1. The number of benzene rings is 2. The topological polar surface area (TPSA) is 39.3 Å². The van der Waals surface area contributed by atoms with E-state index < -0.39 is 0 Å². The average Bonchev–Trinajstić information content (AvgIpc) is 3.03. The summed E-state index contributed by atoms with van der Waals surface area (Å²) in [6, 6.07) is 16.5. The number of hydrogen-bond acceptors (Lipinski definition) is 2. The van der Waals surface area contributed by atoms with Gasteiger partial charge in [0.05, 0.1) is 6.42 Å². The molecule has 0 saturated heterocycles. The van der Waals surface area contributed by atoms with Crippen LogP contribution in [0.15, 0.2) is 54.7 Å². The minimum atomic E-state index is 0.172. The molecule has 1 N–H and O–H groups in total. The Hall–Kier alpha value is -2.59. The van der Waals surface area contributed by atoms with Crippen LogP contribution in [0.3, 0.4) is 0 Å². The fraction of sp³-hybridized carbons (Fsp3) is 0.318. The van der Waals surface area contributed by atoms with Crippen molar-refractivity contribution in [2.75, 3.05) is 32.1 Å². The highest BCUT2D eigenvalue weighted by Crippen LogP contribution is 2.31. The summed E-state index contributed by atoms with van der Waals surface area (Å²) in [6.45, 7) is 1.78. The number of nitrogens with zero attached hydrogens (tertiary/aromatic N) is 2. The van der Waals surface area contributed by atoms with Crippen LogP contribution in [0.2, 0.25) is 0 Å². The Balaban J connectivity index is 1.61. The number of fused-ring (bicyclic) bond motifs is 2. The van der Waals surface area contributed by atoms with Gasteiger partial charge in [-0.05, 0) is 49.7 Å². The molecule has 4 heteroatoms. The molecule has 0 spiro atoms. The van der Waals surface area contributed by atoms with Gasteiger partial charge in [0.1, 0.15) is 0 Å². The molecule has 0 saturated carbocycles. The number of para-hydroxylation sites is 2. The van der Waals surface area contributed by atoms with E-state index in [2.05, 4.69) is 48.2 Å². The third kappa shape index (κ3) is 3.25. The Bertz CT molecular complexity index is 928. The van der Waals surface area contributed by atoms with Gasteiger partial charge in [0, 0.05) is 35.9 Å². The van der Waals surface area contributed by atoms with Crippen LogP contribution < -0.4 is 4.90 Å². The monoisotopic (exact) mass is 347 g/mol. The van der Waals surface area contributed by atoms with Gasteiger partial charge < -0.3 is 14.8 Å². The molecular formula is C22H25N3O. The van der Waals surface area contributed by atoms with Crippen molar-refractivity contribution in [1.82, 2.24) is 9.88 Å². The van der Waals surface area contributed by atoms with Gasteiger partial charge in [0.2, 0.25) is 5.91 Å². The zero-order valence-electron chi connectivity index (χ0n) is 15.4. The van der Waals surface area contributed by atoms with E-state index >= 15 is 0 Å². The summed E-state index contributed by atoms with van der Waals surface area (Å²) in [5, 5.41) is 1.14. The van der Waals surface area contributed by atoms with Crippen LogP contribution in [0.25, 0.3) is 10.9 Å². The smallest absolute Gasteiger partial charge is 0.231 e. The first-order valence-electron chi connectivity index (χ1n) is 9.20. The van der Waals surface area contributed by atoms with E-state index in [0.29, 0.717) is 12.3 Å². The lowest BCUT2D eigenvalue weighted by atomic mass is 9.91. The van der Waals surface area contributed by atoms with Crippen molar-refractivity contribution < 1.29 is 4.79 Å². The zero-order chi connectivity index (χ0) is 18.1. The fourth-order valence-electron chi connectivity index (χ4n) is 4.09. The molecule has 1 unspecified atom stereocenters. The molecule has 1 atom stereocenters. The third-order valence-corrected chi connectivity index (χ3v) is 5.17. The van der Waals surface area contributed by atoms with Crippen molar-refractivity contribution in [2.24, 2.45) is 5.92 Å². The van der Waals surface area contributed by atoms with Crippen LogP contribution in [-0.4, -0.2) is 43.0 Å². The quantitative estimate of drug-likeness (QED) is 0.785. The second kappa shape index (κ2) is 6.96. The molecule has 3 aromatic rings. The normalized spacial score (nSPS) is 16.9. The molecule has 0 bridgehead atoms. The van der Waals surface area contributed by atoms with Crippen LogP contribution in [0.1, 0.15) is 11.1 Å². The highest BCUT2D eigenvalue weighted by atomic mass is 16.2. The first-order chi connectivity index (χ1) is 12.6. The number of amides is 1. The van der Waals surface area contributed by atoms with Crippen LogP contribution >= 0.6 is 0 Å². The highest BCUT2D eigenvalue weighted by molar-refractivity contribution is 5.98. The number of carbonyl (C=O) groups excluding carboxylic acids is 1. The molecule has 4 nitrogen and oxygen atoms in total. The Morgan fingerprint density at radius 3 is 2.77 bits per heavy atom. The number of anilines is 1. The van der Waals surface area contributed by atoms with Gasteiger partial charge in [-0.1, -0.05) is 36.4 Å². The van der Waals surface area contributed by atoms with Crippen molar-refractivity contribution in [3.05, 3.63) is 65.9 Å². The van der Waals surface area contributed by atoms with Crippen molar-refractivity contribution >= 4 is 22.5 Å². The summed E-state index contributed by atoms with van der Waals surface area (Å²) in [5.74, 6) is 0.637. The number of H-pyrrole nitrogens is 1. The van der Waals surface area contributed by atoms with E-state index in [1.54, 1.807) is 0 Å². The molecule has 4 rings (SSSR count). The largest absolute Gasteiger partial charge is 0.361 e. The second-order valence-electron chi connectivity index (χ2n) is 7.50. The Labute approximate surface area is 154 Å². The van der Waals surface area contributed by atoms with Gasteiger partial charge in [0.25, 0.3) is 0 Å². The van der Waals surface area contributed by atoms with E-state index in [-0.39, 0.29) is 5.91 Å². The summed E-state index contributed by atoms with van der Waals surface area (Å²) in [6.07, 6.45) is 3.42. The van der Waals surface area contributed by atoms with E-state index in [0.717, 1.165) is 41.7 Å². The minimum absolute atomic E-state index is 0.172. The number of aromatic amines is 1. The zero-order valence-corrected chi connectivity index (χ0v) is 15.4. The third-order valence-electron chi connectivity index (χ3n) is 5.17. The molecule has 134 valence electrons. The molecule has 1 aromatic heterocycles. The molecule has 0 fully saturated rings. The Morgan fingerprint density at radius 2 is 1.92 bits per heavy atom. The van der Waals surface area contributed by atoms with Crippen molar-refractivity contribution in [1.29, 1.82) is 0 Å². The van der Waals surface area contributed by atoms with Crippen LogP contribution in [0.4, 0.5) is 5.69 Å². The summed E-state index contributed by atoms with van der Waals surface area (Å²) in [5.41, 5.74) is 4.50. The number of nitrogens with one attached hydrogen (secondary N) is 1. The van der Waals surface area contributed by atoms with E-state index in [9.17, 15) is 4.79 Å². The number of aromatic nitrogens is 1. The molecular weight excluding hydrogens is 322 g/mol. The fourth-order valence-corrected chi connectivity index (χ4v) is 4.09. The van der Waals surface area contributed by atoms with Crippen molar-refractivity contribution in [2.45, 2.75) is 12.8 Å². The molecule has 26 heavy (non-hydrogen) atoms. The first-order valence-corrected chi connectivity index (χ1v) is 9.20. The molecule has 2 aromatic carbocycles. The van der Waals surface area contributed by atoms with Gasteiger partial charge >= 0.3 is 0 Å². The van der Waals surface area contributed by atoms with Crippen molar-refractivity contribution in [3.63, 3.8) is 0 Å². The van der Waals surface area contributed by atoms with E-state index in [1.165, 1.54) is 5.56 Å². The van der Waals surface area contributed by atoms with Gasteiger partial charge in [-0.3, -0.25) is 4.79 Å². The van der Waals surface area contributed by atoms with E-state index in [4.69, 9.17) is 0 Å². The van der Waals surface area contributed by atoms with Gasteiger partial charge in [-0.2, -0.15) is 0 Å².